The first kappa shape index (κ1) is 17.3. The van der Waals surface area contributed by atoms with E-state index in [1.165, 1.54) is 20.4 Å². The molecule has 3 rings (SSSR count). The molecule has 0 radical (unpaired) electrons. The van der Waals surface area contributed by atoms with E-state index in [2.05, 4.69) is 10.5 Å². The first-order valence-electron chi connectivity index (χ1n) is 7.90. The van der Waals surface area contributed by atoms with Gasteiger partial charge in [0, 0.05) is 11.6 Å². The van der Waals surface area contributed by atoms with Crippen LogP contribution in [0.1, 0.15) is 15.9 Å². The van der Waals surface area contributed by atoms with Crippen molar-refractivity contribution >= 4 is 22.9 Å². The first-order chi connectivity index (χ1) is 12.6. The smallest absolute Gasteiger partial charge is 0.275 e. The molecule has 0 heterocycles. The molecule has 6 heteroatoms. The molecule has 2 N–H and O–H groups in total. The summed E-state index contributed by atoms with van der Waals surface area (Å²) in [6.45, 7) is 0. The minimum Gasteiger partial charge on any atom is -0.507 e. The molecule has 0 fully saturated rings. The Morgan fingerprint density at radius 2 is 1.88 bits per heavy atom. The zero-order valence-corrected chi connectivity index (χ0v) is 14.4. The molecular weight excluding hydrogens is 332 g/mol. The van der Waals surface area contributed by atoms with E-state index in [9.17, 15) is 9.90 Å². The number of methoxy groups -OCH3 is 2. The number of amides is 1. The van der Waals surface area contributed by atoms with Crippen molar-refractivity contribution in [2.45, 2.75) is 0 Å². The number of aromatic hydroxyl groups is 1. The van der Waals surface area contributed by atoms with Crippen LogP contribution in [0.25, 0.3) is 10.8 Å². The van der Waals surface area contributed by atoms with Crippen LogP contribution in [0.5, 0.6) is 17.2 Å². The molecule has 1 amide bonds. The molecule has 3 aromatic carbocycles. The van der Waals surface area contributed by atoms with E-state index in [4.69, 9.17) is 9.47 Å². The fourth-order valence-electron chi connectivity index (χ4n) is 2.62. The van der Waals surface area contributed by atoms with Gasteiger partial charge in [-0.2, -0.15) is 5.10 Å². The van der Waals surface area contributed by atoms with E-state index in [-0.39, 0.29) is 5.75 Å². The Bertz CT molecular complexity index is 983. The highest BCUT2D eigenvalue weighted by Crippen LogP contribution is 2.26. The molecule has 132 valence electrons. The van der Waals surface area contributed by atoms with E-state index in [1.807, 2.05) is 30.3 Å². The standard InChI is InChI=1S/C20H18N2O4/c1-25-14-8-9-16(19(11-14)26-2)20(24)22-21-12-17-15-6-4-3-5-13(15)7-10-18(17)23/h3-12,23H,1-2H3,(H,22,24). The van der Waals surface area contributed by atoms with Gasteiger partial charge in [0.15, 0.2) is 0 Å². The van der Waals surface area contributed by atoms with Crippen molar-refractivity contribution in [3.8, 4) is 17.2 Å². The van der Waals surface area contributed by atoms with Gasteiger partial charge in [-0.25, -0.2) is 5.43 Å². The molecule has 0 unspecified atom stereocenters. The monoisotopic (exact) mass is 350 g/mol. The fourth-order valence-corrected chi connectivity index (χ4v) is 2.62. The quantitative estimate of drug-likeness (QED) is 0.546. The highest BCUT2D eigenvalue weighted by molar-refractivity contribution is 6.03. The van der Waals surface area contributed by atoms with E-state index in [0.29, 0.717) is 22.6 Å². The summed E-state index contributed by atoms with van der Waals surface area (Å²) in [5.74, 6) is 0.622. The van der Waals surface area contributed by atoms with Crippen molar-refractivity contribution in [2.24, 2.45) is 5.10 Å². The van der Waals surface area contributed by atoms with Crippen LogP contribution in [-0.2, 0) is 0 Å². The maximum Gasteiger partial charge on any atom is 0.275 e. The van der Waals surface area contributed by atoms with Crippen molar-refractivity contribution in [3.63, 3.8) is 0 Å². The van der Waals surface area contributed by atoms with Crippen molar-refractivity contribution in [1.29, 1.82) is 0 Å². The molecule has 6 nitrogen and oxygen atoms in total. The number of hydrogen-bond acceptors (Lipinski definition) is 5. The van der Waals surface area contributed by atoms with Crippen LogP contribution in [0.15, 0.2) is 59.7 Å². The summed E-state index contributed by atoms with van der Waals surface area (Å²) in [6.07, 6.45) is 1.42. The summed E-state index contributed by atoms with van der Waals surface area (Å²) < 4.78 is 10.3. The average molecular weight is 350 g/mol. The van der Waals surface area contributed by atoms with Crippen LogP contribution in [0, 0.1) is 0 Å². The third-order valence-electron chi connectivity index (χ3n) is 3.96. The number of hydrogen-bond donors (Lipinski definition) is 2. The summed E-state index contributed by atoms with van der Waals surface area (Å²) >= 11 is 0. The molecule has 0 aliphatic rings. The predicted molar refractivity (Wildman–Crippen MR) is 100 cm³/mol. The van der Waals surface area contributed by atoms with Gasteiger partial charge in [0.1, 0.15) is 17.2 Å². The molecule has 26 heavy (non-hydrogen) atoms. The molecule has 0 saturated carbocycles. The molecule has 0 saturated heterocycles. The second-order valence-corrected chi connectivity index (χ2v) is 5.48. The van der Waals surface area contributed by atoms with Crippen molar-refractivity contribution in [3.05, 3.63) is 65.7 Å². The van der Waals surface area contributed by atoms with Gasteiger partial charge in [-0.3, -0.25) is 4.79 Å². The number of nitrogens with one attached hydrogen (secondary N) is 1. The summed E-state index contributed by atoms with van der Waals surface area (Å²) in [5, 5.41) is 15.9. The van der Waals surface area contributed by atoms with E-state index in [0.717, 1.165) is 10.8 Å². The lowest BCUT2D eigenvalue weighted by molar-refractivity contribution is 0.0952. The maximum atomic E-state index is 12.4. The molecule has 0 bridgehead atoms. The van der Waals surface area contributed by atoms with Crippen LogP contribution in [0.3, 0.4) is 0 Å². The Morgan fingerprint density at radius 3 is 2.65 bits per heavy atom. The second kappa shape index (κ2) is 7.57. The molecule has 3 aromatic rings. The average Bonchev–Trinajstić information content (AvgIpc) is 2.68. The van der Waals surface area contributed by atoms with Crippen LogP contribution in [0.4, 0.5) is 0 Å². The third kappa shape index (κ3) is 3.44. The van der Waals surface area contributed by atoms with Crippen molar-refractivity contribution < 1.29 is 19.4 Å². The van der Waals surface area contributed by atoms with Gasteiger partial charge in [0.2, 0.25) is 0 Å². The Kier molecular flexibility index (Phi) is 5.03. The predicted octanol–water partition coefficient (Wildman–Crippen LogP) is 3.33. The van der Waals surface area contributed by atoms with E-state index >= 15 is 0 Å². The van der Waals surface area contributed by atoms with E-state index in [1.54, 1.807) is 24.3 Å². The van der Waals surface area contributed by atoms with Gasteiger partial charge >= 0.3 is 0 Å². The number of phenolic OH excluding ortho intramolecular Hbond substituents is 1. The van der Waals surface area contributed by atoms with Crippen molar-refractivity contribution in [2.75, 3.05) is 14.2 Å². The number of nitrogens with zero attached hydrogens (tertiary/aromatic N) is 1. The molecule has 0 spiro atoms. The minimum absolute atomic E-state index is 0.0868. The second-order valence-electron chi connectivity index (χ2n) is 5.48. The number of benzene rings is 3. The molecule has 0 aliphatic heterocycles. The number of ether oxygens (including phenoxy) is 2. The summed E-state index contributed by atoms with van der Waals surface area (Å²) in [6, 6.07) is 15.9. The highest BCUT2D eigenvalue weighted by Gasteiger charge is 2.13. The summed E-state index contributed by atoms with van der Waals surface area (Å²) in [4.78, 5) is 12.4. The first-order valence-corrected chi connectivity index (χ1v) is 7.90. The van der Waals surface area contributed by atoms with Crippen LogP contribution in [0.2, 0.25) is 0 Å². The minimum atomic E-state index is -0.430. The maximum absolute atomic E-state index is 12.4. The fraction of sp³-hybridized carbons (Fsp3) is 0.100. The Labute approximate surface area is 150 Å². The SMILES string of the molecule is COc1ccc(C(=O)NN=Cc2c(O)ccc3ccccc23)c(OC)c1. The third-order valence-corrected chi connectivity index (χ3v) is 3.96. The Hall–Kier alpha value is -3.54. The zero-order chi connectivity index (χ0) is 18.5. The number of fused-ring (bicyclic) bond motifs is 1. The normalized spacial score (nSPS) is 10.8. The number of phenols is 1. The number of carbonyl (C=O) groups is 1. The molecule has 0 aliphatic carbocycles. The number of hydrazone groups is 1. The highest BCUT2D eigenvalue weighted by atomic mass is 16.5. The van der Waals surface area contributed by atoms with Crippen LogP contribution < -0.4 is 14.9 Å². The van der Waals surface area contributed by atoms with Gasteiger partial charge in [0.05, 0.1) is 26.0 Å². The Morgan fingerprint density at radius 1 is 1.08 bits per heavy atom. The topological polar surface area (TPSA) is 80.2 Å². The summed E-state index contributed by atoms with van der Waals surface area (Å²) in [5.41, 5.74) is 3.31. The molecule has 0 aromatic heterocycles. The van der Waals surface area contributed by atoms with E-state index < -0.39 is 5.91 Å². The molecule has 0 atom stereocenters. The van der Waals surface area contributed by atoms with Gasteiger partial charge in [-0.15, -0.1) is 0 Å². The lowest BCUT2D eigenvalue weighted by Gasteiger charge is -2.09. The molecular formula is C20H18N2O4. The Balaban J connectivity index is 1.83. The number of carbonyl (C=O) groups excluding carboxylic acids is 1. The lowest BCUT2D eigenvalue weighted by Crippen LogP contribution is -2.18. The van der Waals surface area contributed by atoms with Crippen molar-refractivity contribution in [1.82, 2.24) is 5.43 Å². The van der Waals surface area contributed by atoms with Crippen LogP contribution in [-0.4, -0.2) is 31.4 Å². The van der Waals surface area contributed by atoms with Gasteiger partial charge < -0.3 is 14.6 Å². The summed E-state index contributed by atoms with van der Waals surface area (Å²) in [7, 11) is 3.01. The van der Waals surface area contributed by atoms with Crippen LogP contribution >= 0.6 is 0 Å². The van der Waals surface area contributed by atoms with Gasteiger partial charge in [-0.05, 0) is 29.0 Å². The van der Waals surface area contributed by atoms with Gasteiger partial charge in [-0.1, -0.05) is 30.3 Å². The number of rotatable bonds is 5. The lowest BCUT2D eigenvalue weighted by atomic mass is 10.0. The van der Waals surface area contributed by atoms with Gasteiger partial charge in [0.25, 0.3) is 5.91 Å². The zero-order valence-electron chi connectivity index (χ0n) is 14.4. The largest absolute Gasteiger partial charge is 0.507 e.